The molecule has 3 heterocycles. The summed E-state index contributed by atoms with van der Waals surface area (Å²) in [5, 5.41) is 7.91. The molecular weight excluding hydrogens is 450 g/mol. The number of hydrogen-bond acceptors (Lipinski definition) is 6. The number of carbonyl (C=O) groups excluding carboxylic acids is 1. The molecule has 0 spiro atoms. The molecule has 4 aromatic rings. The number of amides is 1. The number of amidine groups is 1. The van der Waals surface area contributed by atoms with Gasteiger partial charge in [0.1, 0.15) is 0 Å². The smallest absolute Gasteiger partial charge is 0.267 e. The Morgan fingerprint density at radius 3 is 2.52 bits per heavy atom. The first kappa shape index (κ1) is 21.1. The summed E-state index contributed by atoms with van der Waals surface area (Å²) in [4.78, 5) is 24.2. The number of rotatable bonds is 6. The topological polar surface area (TPSA) is 63.4 Å². The number of thioether (sulfide) groups is 1. The molecular formula is C25H19N5OS2. The molecule has 8 heteroatoms. The Kier molecular flexibility index (Phi) is 6.01. The lowest BCUT2D eigenvalue weighted by Gasteiger charge is -2.11. The second kappa shape index (κ2) is 9.40. The number of nitrogens with zero attached hydrogens (tertiary/aromatic N) is 5. The van der Waals surface area contributed by atoms with Crippen LogP contribution in [0.2, 0.25) is 0 Å². The SMILES string of the molecule is C=CCN1C(=O)C(=Cc2cn(-c3ccccc3)nc2-c2ccccc2)SC1=Nc1nccs1. The molecule has 0 bridgehead atoms. The molecule has 1 aliphatic rings. The minimum absolute atomic E-state index is 0.110. The summed E-state index contributed by atoms with van der Waals surface area (Å²) in [6, 6.07) is 19.9. The third kappa shape index (κ3) is 4.44. The van der Waals surface area contributed by atoms with Crippen LogP contribution in [-0.2, 0) is 4.79 Å². The summed E-state index contributed by atoms with van der Waals surface area (Å²) in [5.41, 5.74) is 3.59. The second-order valence-corrected chi connectivity index (χ2v) is 8.99. The van der Waals surface area contributed by atoms with Gasteiger partial charge in [-0.15, -0.1) is 17.9 Å². The van der Waals surface area contributed by atoms with E-state index in [1.54, 1.807) is 17.2 Å². The molecule has 6 nitrogen and oxygen atoms in total. The molecule has 0 radical (unpaired) electrons. The van der Waals surface area contributed by atoms with Crippen molar-refractivity contribution in [3.63, 3.8) is 0 Å². The van der Waals surface area contributed by atoms with Gasteiger partial charge in [-0.25, -0.2) is 9.67 Å². The fourth-order valence-corrected chi connectivity index (χ4v) is 4.94. The van der Waals surface area contributed by atoms with Gasteiger partial charge in [0.2, 0.25) is 5.13 Å². The van der Waals surface area contributed by atoms with Gasteiger partial charge in [0.15, 0.2) is 5.17 Å². The standard InChI is InChI=1S/C25H19N5OS2/c1-2-14-29-23(31)21(33-25(29)27-24-26-13-15-32-24)16-19-17-30(20-11-7-4-8-12-20)28-22(19)18-9-5-3-6-10-18/h2-13,15-17H,1,14H2. The van der Waals surface area contributed by atoms with Gasteiger partial charge in [0, 0.05) is 35.4 Å². The van der Waals surface area contributed by atoms with Gasteiger partial charge in [0.05, 0.1) is 16.3 Å². The molecule has 1 saturated heterocycles. The molecule has 2 aromatic heterocycles. The number of carbonyl (C=O) groups is 1. The number of hydrogen-bond donors (Lipinski definition) is 0. The Bertz CT molecular complexity index is 1340. The number of thiazole rings is 1. The lowest BCUT2D eigenvalue weighted by Crippen LogP contribution is -2.29. The third-order valence-corrected chi connectivity index (χ3v) is 6.58. The van der Waals surface area contributed by atoms with Crippen molar-refractivity contribution in [2.45, 2.75) is 0 Å². The van der Waals surface area contributed by atoms with Crippen molar-refractivity contribution >= 4 is 45.4 Å². The highest BCUT2D eigenvalue weighted by Crippen LogP contribution is 2.36. The van der Waals surface area contributed by atoms with E-state index in [9.17, 15) is 4.79 Å². The average molecular weight is 470 g/mol. The zero-order chi connectivity index (χ0) is 22.6. The van der Waals surface area contributed by atoms with Crippen molar-refractivity contribution in [2.24, 2.45) is 4.99 Å². The average Bonchev–Trinajstić information content (AvgIpc) is 3.58. The van der Waals surface area contributed by atoms with Crippen LogP contribution in [0.1, 0.15) is 5.56 Å². The molecule has 0 aliphatic carbocycles. The first-order valence-electron chi connectivity index (χ1n) is 10.2. The number of aromatic nitrogens is 3. The summed E-state index contributed by atoms with van der Waals surface area (Å²) in [5.74, 6) is -0.110. The van der Waals surface area contributed by atoms with Crippen LogP contribution in [0.25, 0.3) is 23.0 Å². The second-order valence-electron chi connectivity index (χ2n) is 7.10. The maximum atomic E-state index is 13.2. The molecule has 1 aliphatic heterocycles. The summed E-state index contributed by atoms with van der Waals surface area (Å²) in [6.45, 7) is 4.16. The molecule has 1 fully saturated rings. The summed E-state index contributed by atoms with van der Waals surface area (Å²) in [7, 11) is 0. The van der Waals surface area contributed by atoms with E-state index in [0.717, 1.165) is 22.5 Å². The number of para-hydroxylation sites is 1. The molecule has 2 aromatic carbocycles. The maximum absolute atomic E-state index is 13.2. The van der Waals surface area contributed by atoms with Crippen LogP contribution >= 0.6 is 23.1 Å². The lowest BCUT2D eigenvalue weighted by atomic mass is 10.1. The predicted molar refractivity (Wildman–Crippen MR) is 136 cm³/mol. The molecule has 5 rings (SSSR count). The largest absolute Gasteiger partial charge is 0.282 e. The van der Waals surface area contributed by atoms with Crippen molar-refractivity contribution < 1.29 is 4.79 Å². The van der Waals surface area contributed by atoms with E-state index < -0.39 is 0 Å². The Balaban J connectivity index is 1.58. The van der Waals surface area contributed by atoms with Crippen molar-refractivity contribution in [1.29, 1.82) is 0 Å². The van der Waals surface area contributed by atoms with E-state index in [1.165, 1.54) is 23.1 Å². The highest BCUT2D eigenvalue weighted by molar-refractivity contribution is 8.18. The monoisotopic (exact) mass is 469 g/mol. The van der Waals surface area contributed by atoms with Crippen LogP contribution in [0.15, 0.2) is 101 Å². The van der Waals surface area contributed by atoms with E-state index in [4.69, 9.17) is 5.10 Å². The zero-order valence-electron chi connectivity index (χ0n) is 17.5. The van der Waals surface area contributed by atoms with Crippen LogP contribution in [0, 0.1) is 0 Å². The van der Waals surface area contributed by atoms with Crippen LogP contribution in [0.4, 0.5) is 5.13 Å². The van der Waals surface area contributed by atoms with Crippen LogP contribution < -0.4 is 0 Å². The number of benzene rings is 2. The van der Waals surface area contributed by atoms with Crippen molar-refractivity contribution in [3.05, 3.63) is 102 Å². The fraction of sp³-hybridized carbons (Fsp3) is 0.0400. The fourth-order valence-electron chi connectivity index (χ4n) is 3.40. The Hall–Kier alpha value is -3.75. The zero-order valence-corrected chi connectivity index (χ0v) is 19.2. The Labute approximate surface area is 199 Å². The molecule has 162 valence electrons. The highest BCUT2D eigenvalue weighted by Gasteiger charge is 2.33. The summed E-state index contributed by atoms with van der Waals surface area (Å²) in [6.07, 6.45) is 7.24. The van der Waals surface area contributed by atoms with Gasteiger partial charge in [0.25, 0.3) is 5.91 Å². The normalized spacial score (nSPS) is 16.1. The highest BCUT2D eigenvalue weighted by atomic mass is 32.2. The number of aliphatic imine (C=N–C) groups is 1. The Morgan fingerprint density at radius 1 is 1.06 bits per heavy atom. The van der Waals surface area contributed by atoms with Gasteiger partial charge in [-0.1, -0.05) is 54.6 Å². The van der Waals surface area contributed by atoms with Gasteiger partial charge in [-0.05, 0) is 30.0 Å². The molecule has 0 atom stereocenters. The van der Waals surface area contributed by atoms with E-state index in [-0.39, 0.29) is 5.91 Å². The molecule has 1 amide bonds. The molecule has 33 heavy (non-hydrogen) atoms. The first-order chi connectivity index (χ1) is 16.2. The van der Waals surface area contributed by atoms with Crippen molar-refractivity contribution in [1.82, 2.24) is 19.7 Å². The minimum Gasteiger partial charge on any atom is -0.282 e. The van der Waals surface area contributed by atoms with Crippen LogP contribution in [0.5, 0.6) is 0 Å². The van der Waals surface area contributed by atoms with Gasteiger partial charge < -0.3 is 0 Å². The predicted octanol–water partition coefficient (Wildman–Crippen LogP) is 5.79. The third-order valence-electron chi connectivity index (χ3n) is 4.91. The first-order valence-corrected chi connectivity index (χ1v) is 11.9. The van der Waals surface area contributed by atoms with Crippen molar-refractivity contribution in [3.8, 4) is 16.9 Å². The maximum Gasteiger partial charge on any atom is 0.267 e. The van der Waals surface area contributed by atoms with Crippen molar-refractivity contribution in [2.75, 3.05) is 6.54 Å². The van der Waals surface area contributed by atoms with E-state index in [1.807, 2.05) is 83.0 Å². The van der Waals surface area contributed by atoms with E-state index in [2.05, 4.69) is 16.6 Å². The van der Waals surface area contributed by atoms with Crippen LogP contribution in [0.3, 0.4) is 0 Å². The summed E-state index contributed by atoms with van der Waals surface area (Å²) >= 11 is 2.77. The molecule has 0 unspecified atom stereocenters. The van der Waals surface area contributed by atoms with Gasteiger partial charge in [-0.3, -0.25) is 9.69 Å². The lowest BCUT2D eigenvalue weighted by molar-refractivity contribution is -0.121. The van der Waals surface area contributed by atoms with Gasteiger partial charge >= 0.3 is 0 Å². The van der Waals surface area contributed by atoms with Crippen LogP contribution in [-0.4, -0.2) is 37.3 Å². The molecule has 0 N–H and O–H groups in total. The molecule has 0 saturated carbocycles. The van der Waals surface area contributed by atoms with Gasteiger partial charge in [-0.2, -0.15) is 10.1 Å². The quantitative estimate of drug-likeness (QED) is 0.265. The summed E-state index contributed by atoms with van der Waals surface area (Å²) < 4.78 is 1.84. The minimum atomic E-state index is -0.110. The van der Waals surface area contributed by atoms with E-state index in [0.29, 0.717) is 21.7 Å². The van der Waals surface area contributed by atoms with E-state index >= 15 is 0 Å². The Morgan fingerprint density at radius 2 is 1.82 bits per heavy atom.